The van der Waals surface area contributed by atoms with Crippen LogP contribution in [0.5, 0.6) is 0 Å². The molecule has 8 nitrogen and oxygen atoms in total. The van der Waals surface area contributed by atoms with Crippen molar-refractivity contribution in [2.45, 2.75) is 45.4 Å². The van der Waals surface area contributed by atoms with Gasteiger partial charge in [-0.05, 0) is 62.9 Å². The van der Waals surface area contributed by atoms with Gasteiger partial charge in [0, 0.05) is 42.6 Å². The van der Waals surface area contributed by atoms with E-state index in [4.69, 9.17) is 0 Å². The van der Waals surface area contributed by atoms with E-state index in [-0.39, 0.29) is 22.6 Å². The summed E-state index contributed by atoms with van der Waals surface area (Å²) in [5.74, 6) is 0.799. The fourth-order valence-electron chi connectivity index (χ4n) is 3.51. The Morgan fingerprint density at radius 1 is 1.10 bits per heavy atom. The largest absolute Gasteiger partial charge is 0.341 e. The summed E-state index contributed by atoms with van der Waals surface area (Å²) >= 11 is 0. The number of anilines is 2. The van der Waals surface area contributed by atoms with E-state index in [0.29, 0.717) is 25.1 Å². The Morgan fingerprint density at radius 2 is 1.68 bits per heavy atom. The molecule has 2 N–H and O–H groups in total. The van der Waals surface area contributed by atoms with Crippen LogP contribution in [0.4, 0.5) is 11.6 Å². The molecule has 168 valence electrons. The molecule has 1 aromatic heterocycles. The van der Waals surface area contributed by atoms with Gasteiger partial charge in [0.2, 0.25) is 21.9 Å². The van der Waals surface area contributed by atoms with Gasteiger partial charge in [0.25, 0.3) is 0 Å². The molecule has 1 aliphatic heterocycles. The highest BCUT2D eigenvalue weighted by Gasteiger charge is 2.26. The zero-order chi connectivity index (χ0) is 22.6. The average molecular weight is 446 g/mol. The molecule has 2 heterocycles. The van der Waals surface area contributed by atoms with Gasteiger partial charge in [-0.1, -0.05) is 13.8 Å². The summed E-state index contributed by atoms with van der Waals surface area (Å²) in [6.07, 6.45) is 1.43. The topological polar surface area (TPSA) is 104 Å². The smallest absolute Gasteiger partial charge is 0.240 e. The van der Waals surface area contributed by atoms with Crippen molar-refractivity contribution in [3.05, 3.63) is 41.7 Å². The molecule has 2 aromatic rings. The van der Waals surface area contributed by atoms with Gasteiger partial charge in [-0.15, -0.1) is 0 Å². The number of aryl methyl sites for hydroxylation is 2. The van der Waals surface area contributed by atoms with Crippen LogP contribution >= 0.6 is 0 Å². The zero-order valence-corrected chi connectivity index (χ0v) is 19.4. The number of carbonyl (C=O) groups excluding carboxylic acids is 1. The Morgan fingerprint density at radius 3 is 2.23 bits per heavy atom. The molecule has 0 aliphatic carbocycles. The Labute approximate surface area is 184 Å². The van der Waals surface area contributed by atoms with E-state index in [0.717, 1.165) is 30.4 Å². The molecule has 3 rings (SSSR count). The van der Waals surface area contributed by atoms with Gasteiger partial charge in [-0.3, -0.25) is 4.79 Å². The van der Waals surface area contributed by atoms with Gasteiger partial charge in [0.1, 0.15) is 0 Å². The number of nitrogens with zero attached hydrogens (tertiary/aromatic N) is 3. The van der Waals surface area contributed by atoms with Crippen molar-refractivity contribution in [1.29, 1.82) is 0 Å². The van der Waals surface area contributed by atoms with Crippen molar-refractivity contribution in [2.24, 2.45) is 11.8 Å². The van der Waals surface area contributed by atoms with E-state index < -0.39 is 10.0 Å². The molecule has 1 aliphatic rings. The SMILES string of the molecule is Cc1cc(C)nc(N2CCC(C(=O)Nc3ccc(S(=O)(=O)NCC(C)C)cc3)CC2)n1. The lowest BCUT2D eigenvalue weighted by Crippen LogP contribution is -2.39. The average Bonchev–Trinajstić information content (AvgIpc) is 2.72. The van der Waals surface area contributed by atoms with Gasteiger partial charge in [-0.2, -0.15) is 0 Å². The van der Waals surface area contributed by atoms with Crippen LogP contribution in [-0.4, -0.2) is 43.9 Å². The lowest BCUT2D eigenvalue weighted by molar-refractivity contribution is -0.120. The number of aromatic nitrogens is 2. The molecule has 31 heavy (non-hydrogen) atoms. The first kappa shape index (κ1) is 23.1. The summed E-state index contributed by atoms with van der Waals surface area (Å²) in [4.78, 5) is 24.0. The molecular weight excluding hydrogens is 414 g/mol. The maximum atomic E-state index is 12.7. The fraction of sp³-hybridized carbons (Fsp3) is 0.500. The molecular formula is C22H31N5O3S. The molecule has 1 amide bonds. The Hall–Kier alpha value is -2.52. The van der Waals surface area contributed by atoms with Gasteiger partial charge < -0.3 is 10.2 Å². The lowest BCUT2D eigenvalue weighted by atomic mass is 9.96. The maximum Gasteiger partial charge on any atom is 0.240 e. The minimum absolute atomic E-state index is 0.0467. The molecule has 1 fully saturated rings. The minimum atomic E-state index is -3.54. The second kappa shape index (κ2) is 9.74. The minimum Gasteiger partial charge on any atom is -0.341 e. The summed E-state index contributed by atoms with van der Waals surface area (Å²) in [5, 5.41) is 2.91. The van der Waals surface area contributed by atoms with E-state index in [1.807, 2.05) is 33.8 Å². The third-order valence-electron chi connectivity index (χ3n) is 5.23. The summed E-state index contributed by atoms with van der Waals surface area (Å²) in [6, 6.07) is 8.22. The van der Waals surface area contributed by atoms with E-state index in [1.54, 1.807) is 12.1 Å². The third kappa shape index (κ3) is 6.24. The predicted octanol–water partition coefficient (Wildman–Crippen LogP) is 2.88. The monoisotopic (exact) mass is 445 g/mol. The molecule has 9 heteroatoms. The van der Waals surface area contributed by atoms with Crippen LogP contribution < -0.4 is 14.9 Å². The quantitative estimate of drug-likeness (QED) is 0.679. The maximum absolute atomic E-state index is 12.7. The van der Waals surface area contributed by atoms with Crippen LogP contribution in [0.25, 0.3) is 0 Å². The number of benzene rings is 1. The Bertz CT molecular complexity index is 994. The van der Waals surface area contributed by atoms with Gasteiger partial charge in [0.05, 0.1) is 4.90 Å². The number of nitrogens with one attached hydrogen (secondary N) is 2. The van der Waals surface area contributed by atoms with Crippen molar-refractivity contribution < 1.29 is 13.2 Å². The van der Waals surface area contributed by atoms with Crippen LogP contribution in [0.15, 0.2) is 35.2 Å². The fourth-order valence-corrected chi connectivity index (χ4v) is 4.73. The van der Waals surface area contributed by atoms with Crippen LogP contribution in [0.3, 0.4) is 0 Å². The first-order valence-electron chi connectivity index (χ1n) is 10.6. The number of amides is 1. The normalized spacial score (nSPS) is 15.3. The highest BCUT2D eigenvalue weighted by atomic mass is 32.2. The second-order valence-corrected chi connectivity index (χ2v) is 10.2. The van der Waals surface area contributed by atoms with Crippen LogP contribution in [0, 0.1) is 25.7 Å². The number of hydrogen-bond acceptors (Lipinski definition) is 6. The summed E-state index contributed by atoms with van der Waals surface area (Å²) in [6.45, 7) is 9.62. The molecule has 0 bridgehead atoms. The van der Waals surface area contributed by atoms with E-state index in [2.05, 4.69) is 24.9 Å². The summed E-state index contributed by atoms with van der Waals surface area (Å²) < 4.78 is 27.2. The second-order valence-electron chi connectivity index (χ2n) is 8.47. The molecule has 0 radical (unpaired) electrons. The summed E-state index contributed by atoms with van der Waals surface area (Å²) in [5.41, 5.74) is 2.47. The molecule has 0 spiro atoms. The Balaban J connectivity index is 1.55. The van der Waals surface area contributed by atoms with Crippen molar-refractivity contribution in [3.8, 4) is 0 Å². The lowest BCUT2D eigenvalue weighted by Gasteiger charge is -2.31. The number of carbonyl (C=O) groups is 1. The number of piperidine rings is 1. The van der Waals surface area contributed by atoms with Crippen LogP contribution in [-0.2, 0) is 14.8 Å². The number of hydrogen-bond donors (Lipinski definition) is 2. The van der Waals surface area contributed by atoms with Crippen molar-refractivity contribution >= 4 is 27.6 Å². The predicted molar refractivity (Wildman–Crippen MR) is 122 cm³/mol. The van der Waals surface area contributed by atoms with E-state index in [1.165, 1.54) is 12.1 Å². The molecule has 0 saturated carbocycles. The number of sulfonamides is 1. The van der Waals surface area contributed by atoms with Crippen molar-refractivity contribution in [1.82, 2.24) is 14.7 Å². The first-order chi connectivity index (χ1) is 14.6. The highest BCUT2D eigenvalue weighted by molar-refractivity contribution is 7.89. The van der Waals surface area contributed by atoms with Gasteiger partial charge in [0.15, 0.2) is 0 Å². The Kier molecular flexibility index (Phi) is 7.27. The standard InChI is InChI=1S/C22H31N5O3S/c1-15(2)14-23-31(29,30)20-7-5-19(6-8-20)26-21(28)18-9-11-27(12-10-18)22-24-16(3)13-17(4)25-22/h5-8,13,15,18,23H,9-12,14H2,1-4H3,(H,26,28). The molecule has 0 atom stereocenters. The molecule has 1 saturated heterocycles. The highest BCUT2D eigenvalue weighted by Crippen LogP contribution is 2.23. The molecule has 0 unspecified atom stereocenters. The third-order valence-corrected chi connectivity index (χ3v) is 6.67. The van der Waals surface area contributed by atoms with Gasteiger partial charge >= 0.3 is 0 Å². The van der Waals surface area contributed by atoms with Crippen LogP contribution in [0.1, 0.15) is 38.1 Å². The van der Waals surface area contributed by atoms with E-state index >= 15 is 0 Å². The van der Waals surface area contributed by atoms with Crippen LogP contribution in [0.2, 0.25) is 0 Å². The first-order valence-corrected chi connectivity index (χ1v) is 12.1. The van der Waals surface area contributed by atoms with Gasteiger partial charge in [-0.25, -0.2) is 23.1 Å². The zero-order valence-electron chi connectivity index (χ0n) is 18.6. The number of rotatable bonds is 7. The van der Waals surface area contributed by atoms with Crippen molar-refractivity contribution in [2.75, 3.05) is 29.9 Å². The van der Waals surface area contributed by atoms with Crippen molar-refractivity contribution in [3.63, 3.8) is 0 Å². The van der Waals surface area contributed by atoms with E-state index in [9.17, 15) is 13.2 Å². The summed E-state index contributed by atoms with van der Waals surface area (Å²) in [7, 11) is -3.54. The molecule has 1 aromatic carbocycles.